The van der Waals surface area contributed by atoms with E-state index in [1.807, 2.05) is 4.90 Å². The monoisotopic (exact) mass is 551 g/mol. The zero-order chi connectivity index (χ0) is 27.0. The summed E-state index contributed by atoms with van der Waals surface area (Å²) in [5.74, 6) is -0.491. The molecule has 0 aliphatic carbocycles. The summed E-state index contributed by atoms with van der Waals surface area (Å²) in [4.78, 5) is 14.3. The van der Waals surface area contributed by atoms with Gasteiger partial charge in [-0.3, -0.25) is 0 Å². The molecule has 0 aliphatic rings. The standard InChI is InChI=1S/C24H26ClF3N7OP/c1-34(2)11-12-35-19-10-9-15(13-18(19)32-22(35)24(26,27)28)30-23-29-14-16(25)21(33-23)31-17-7-5-6-8-20(17)37(3,4)36/h5-10,13-14H,11-12H2,1-4H3,(H2,29,30,31,33). The summed E-state index contributed by atoms with van der Waals surface area (Å²) in [6, 6.07) is 11.9. The lowest BCUT2D eigenvalue weighted by Crippen LogP contribution is -2.22. The Balaban J connectivity index is 1.64. The van der Waals surface area contributed by atoms with Crippen LogP contribution in [0.3, 0.4) is 0 Å². The normalized spacial score (nSPS) is 12.4. The van der Waals surface area contributed by atoms with Crippen LogP contribution in [-0.4, -0.2) is 58.4 Å². The number of nitrogens with zero attached hydrogens (tertiary/aromatic N) is 5. The van der Waals surface area contributed by atoms with Crippen LogP contribution in [0.15, 0.2) is 48.7 Å². The summed E-state index contributed by atoms with van der Waals surface area (Å²) in [5.41, 5.74) is 1.63. The van der Waals surface area contributed by atoms with E-state index in [4.69, 9.17) is 11.6 Å². The number of hydrogen-bond acceptors (Lipinski definition) is 7. The van der Waals surface area contributed by atoms with Gasteiger partial charge in [0.15, 0.2) is 5.82 Å². The number of anilines is 4. The fourth-order valence-corrected chi connectivity index (χ4v) is 5.06. The van der Waals surface area contributed by atoms with Crippen molar-refractivity contribution in [3.8, 4) is 0 Å². The minimum absolute atomic E-state index is 0.143. The van der Waals surface area contributed by atoms with Gasteiger partial charge in [-0.05, 0) is 57.8 Å². The van der Waals surface area contributed by atoms with Crippen LogP contribution in [0.1, 0.15) is 5.82 Å². The number of para-hydroxylation sites is 1. The van der Waals surface area contributed by atoms with Crippen LogP contribution in [0.2, 0.25) is 5.02 Å². The lowest BCUT2D eigenvalue weighted by Gasteiger charge is -2.16. The molecular formula is C24H26ClF3N7OP. The van der Waals surface area contributed by atoms with Crippen LogP contribution in [0.5, 0.6) is 0 Å². The predicted molar refractivity (Wildman–Crippen MR) is 142 cm³/mol. The lowest BCUT2D eigenvalue weighted by molar-refractivity contribution is -0.147. The molecule has 0 saturated carbocycles. The van der Waals surface area contributed by atoms with Crippen LogP contribution in [-0.2, 0) is 17.3 Å². The summed E-state index contributed by atoms with van der Waals surface area (Å²) in [6.45, 7) is 3.91. The van der Waals surface area contributed by atoms with Gasteiger partial charge < -0.3 is 24.7 Å². The second-order valence-corrected chi connectivity index (χ2v) is 12.7. The molecule has 2 aromatic heterocycles. The fraction of sp³-hybridized carbons (Fsp3) is 0.292. The molecule has 4 rings (SSSR count). The Kier molecular flexibility index (Phi) is 7.50. The van der Waals surface area contributed by atoms with E-state index in [-0.39, 0.29) is 28.9 Å². The van der Waals surface area contributed by atoms with Crippen LogP contribution < -0.4 is 15.9 Å². The maximum Gasteiger partial charge on any atom is 0.449 e. The first kappa shape index (κ1) is 26.9. The third kappa shape index (κ3) is 6.23. The van der Waals surface area contributed by atoms with Crippen molar-refractivity contribution in [3.63, 3.8) is 0 Å². The fourth-order valence-electron chi connectivity index (χ4n) is 3.77. The molecule has 2 heterocycles. The summed E-state index contributed by atoms with van der Waals surface area (Å²) >= 11 is 6.30. The molecule has 0 saturated heterocycles. The molecule has 0 spiro atoms. The highest BCUT2D eigenvalue weighted by atomic mass is 35.5. The van der Waals surface area contributed by atoms with Crippen molar-refractivity contribution in [2.24, 2.45) is 0 Å². The zero-order valence-corrected chi connectivity index (χ0v) is 22.3. The molecule has 0 fully saturated rings. The smallest absolute Gasteiger partial charge is 0.338 e. The number of fused-ring (bicyclic) bond motifs is 1. The average Bonchev–Trinajstić information content (AvgIpc) is 3.18. The quantitative estimate of drug-likeness (QED) is 0.268. The molecule has 37 heavy (non-hydrogen) atoms. The van der Waals surface area contributed by atoms with Gasteiger partial charge in [0.1, 0.15) is 12.2 Å². The molecule has 0 radical (unpaired) electrons. The molecular weight excluding hydrogens is 526 g/mol. The van der Waals surface area contributed by atoms with E-state index in [2.05, 4.69) is 25.6 Å². The molecule has 13 heteroatoms. The van der Waals surface area contributed by atoms with Crippen LogP contribution in [0.4, 0.5) is 36.3 Å². The number of hydrogen-bond donors (Lipinski definition) is 2. The molecule has 0 aliphatic heterocycles. The van der Waals surface area contributed by atoms with Gasteiger partial charge in [0.2, 0.25) is 11.8 Å². The summed E-state index contributed by atoms with van der Waals surface area (Å²) in [7, 11) is 1.01. The highest BCUT2D eigenvalue weighted by Crippen LogP contribution is 2.39. The Morgan fingerprint density at radius 2 is 1.81 bits per heavy atom. The van der Waals surface area contributed by atoms with Crippen molar-refractivity contribution in [2.75, 3.05) is 44.6 Å². The van der Waals surface area contributed by atoms with Crippen molar-refractivity contribution < 1.29 is 17.7 Å². The van der Waals surface area contributed by atoms with E-state index >= 15 is 0 Å². The van der Waals surface area contributed by atoms with Gasteiger partial charge in [0.05, 0.1) is 22.9 Å². The van der Waals surface area contributed by atoms with E-state index < -0.39 is 19.1 Å². The molecule has 196 valence electrons. The number of imidazole rings is 1. The average molecular weight is 552 g/mol. The van der Waals surface area contributed by atoms with E-state index in [1.165, 1.54) is 16.8 Å². The summed E-state index contributed by atoms with van der Waals surface area (Å²) in [5, 5.41) is 7.00. The number of rotatable bonds is 8. The lowest BCUT2D eigenvalue weighted by atomic mass is 10.2. The van der Waals surface area contributed by atoms with Crippen LogP contribution >= 0.6 is 18.7 Å². The topological polar surface area (TPSA) is 88.0 Å². The molecule has 2 N–H and O–H groups in total. The van der Waals surface area contributed by atoms with Gasteiger partial charge >= 0.3 is 6.18 Å². The first-order valence-electron chi connectivity index (χ1n) is 11.3. The second-order valence-electron chi connectivity index (χ2n) is 9.10. The minimum atomic E-state index is -4.59. The molecule has 0 atom stereocenters. The van der Waals surface area contributed by atoms with E-state index in [0.717, 1.165) is 0 Å². The molecule has 0 bridgehead atoms. The number of aromatic nitrogens is 4. The van der Waals surface area contributed by atoms with Gasteiger partial charge in [0, 0.05) is 24.1 Å². The second kappa shape index (κ2) is 10.3. The van der Waals surface area contributed by atoms with E-state index in [1.54, 1.807) is 63.8 Å². The largest absolute Gasteiger partial charge is 0.449 e. The minimum Gasteiger partial charge on any atom is -0.338 e. The third-order valence-electron chi connectivity index (χ3n) is 5.51. The molecule has 0 amide bonds. The van der Waals surface area contributed by atoms with Gasteiger partial charge in [-0.15, -0.1) is 0 Å². The van der Waals surface area contributed by atoms with Crippen molar-refractivity contribution in [1.29, 1.82) is 0 Å². The van der Waals surface area contributed by atoms with Crippen LogP contribution in [0, 0.1) is 0 Å². The maximum absolute atomic E-state index is 13.7. The molecule has 8 nitrogen and oxygen atoms in total. The Morgan fingerprint density at radius 3 is 2.49 bits per heavy atom. The zero-order valence-electron chi connectivity index (χ0n) is 20.6. The van der Waals surface area contributed by atoms with Crippen molar-refractivity contribution in [2.45, 2.75) is 12.7 Å². The van der Waals surface area contributed by atoms with Crippen LogP contribution in [0.25, 0.3) is 11.0 Å². The van der Waals surface area contributed by atoms with Gasteiger partial charge in [0.25, 0.3) is 0 Å². The first-order chi connectivity index (χ1) is 17.3. The SMILES string of the molecule is CN(C)CCn1c(C(F)(F)F)nc2cc(Nc3ncc(Cl)c(Nc4ccccc4P(C)(C)=O)n3)ccc21. The Bertz CT molecular complexity index is 1480. The number of halogens is 4. The Morgan fingerprint density at radius 1 is 1.08 bits per heavy atom. The van der Waals surface area contributed by atoms with Gasteiger partial charge in [-0.1, -0.05) is 23.7 Å². The van der Waals surface area contributed by atoms with Crippen molar-refractivity contribution in [3.05, 3.63) is 59.5 Å². The maximum atomic E-state index is 13.7. The van der Waals surface area contributed by atoms with Crippen molar-refractivity contribution >= 4 is 58.2 Å². The summed E-state index contributed by atoms with van der Waals surface area (Å²) in [6.07, 6.45) is -3.19. The summed E-state index contributed by atoms with van der Waals surface area (Å²) < 4.78 is 54.8. The van der Waals surface area contributed by atoms with Gasteiger partial charge in [-0.2, -0.15) is 18.2 Å². The third-order valence-corrected chi connectivity index (χ3v) is 7.34. The molecule has 0 unspecified atom stereocenters. The predicted octanol–water partition coefficient (Wildman–Crippen LogP) is 5.80. The Labute approximate surface area is 217 Å². The molecule has 2 aromatic carbocycles. The van der Waals surface area contributed by atoms with Crippen molar-refractivity contribution in [1.82, 2.24) is 24.4 Å². The molecule has 4 aromatic rings. The number of benzene rings is 2. The number of nitrogens with one attached hydrogen (secondary N) is 2. The van der Waals surface area contributed by atoms with E-state index in [9.17, 15) is 17.7 Å². The Hall–Kier alpha value is -3.14. The highest BCUT2D eigenvalue weighted by Gasteiger charge is 2.37. The first-order valence-corrected chi connectivity index (χ1v) is 14.2. The highest BCUT2D eigenvalue weighted by molar-refractivity contribution is 7.70. The number of alkyl halides is 3. The van der Waals surface area contributed by atoms with Gasteiger partial charge in [-0.25, -0.2) is 9.97 Å². The number of likely N-dealkylation sites (N-methyl/N-ethyl adjacent to an activating group) is 1. The van der Waals surface area contributed by atoms with E-state index in [0.29, 0.717) is 28.7 Å².